The predicted molar refractivity (Wildman–Crippen MR) is 106 cm³/mol. The summed E-state index contributed by atoms with van der Waals surface area (Å²) in [6, 6.07) is 9.49. The maximum absolute atomic E-state index is 12.7. The minimum atomic E-state index is -0.726. The molecule has 1 saturated heterocycles. The fourth-order valence-corrected chi connectivity index (χ4v) is 4.82. The zero-order chi connectivity index (χ0) is 20.5. The van der Waals surface area contributed by atoms with E-state index in [2.05, 4.69) is 4.98 Å². The lowest BCUT2D eigenvalue weighted by atomic mass is 10.2. The zero-order valence-corrected chi connectivity index (χ0v) is 16.7. The van der Waals surface area contributed by atoms with Gasteiger partial charge in [0.2, 0.25) is 5.91 Å². The number of furan rings is 1. The molecule has 0 unspecified atom stereocenters. The molecule has 2 atom stereocenters. The molecule has 0 spiro atoms. The summed E-state index contributed by atoms with van der Waals surface area (Å²) in [4.78, 5) is 43.1. The summed E-state index contributed by atoms with van der Waals surface area (Å²) in [6.45, 7) is 3.09. The minimum Gasteiger partial charge on any atom is -0.466 e. The second-order valence-electron chi connectivity index (χ2n) is 6.70. The van der Waals surface area contributed by atoms with Crippen LogP contribution >= 0.6 is 11.8 Å². The Labute approximate surface area is 170 Å². The molecule has 150 valence electrons. The summed E-state index contributed by atoms with van der Waals surface area (Å²) in [5.41, 5.74) is 1.38. The van der Waals surface area contributed by atoms with Crippen LogP contribution in [0.1, 0.15) is 29.4 Å². The third-order valence-corrected chi connectivity index (χ3v) is 6.00. The number of nitrogens with zero attached hydrogens (tertiary/aromatic N) is 3. The van der Waals surface area contributed by atoms with Gasteiger partial charge in [0.15, 0.2) is 0 Å². The van der Waals surface area contributed by atoms with Crippen LogP contribution in [-0.2, 0) is 20.9 Å². The molecular formula is C20H19N3O5S. The SMILES string of the molecule is CC(=O)N1[C@H](C(=O)OCc2cc(=O)n3c(C)cccc3n2)CS[C@H]1c1ccco1. The van der Waals surface area contributed by atoms with Gasteiger partial charge in [-0.3, -0.25) is 14.0 Å². The molecule has 1 amide bonds. The van der Waals surface area contributed by atoms with Gasteiger partial charge in [0, 0.05) is 24.4 Å². The Kier molecular flexibility index (Phi) is 5.14. The van der Waals surface area contributed by atoms with Gasteiger partial charge >= 0.3 is 5.97 Å². The van der Waals surface area contributed by atoms with Crippen molar-refractivity contribution in [2.24, 2.45) is 0 Å². The molecule has 0 aliphatic carbocycles. The summed E-state index contributed by atoms with van der Waals surface area (Å²) in [5, 5.41) is -0.369. The maximum atomic E-state index is 12.7. The van der Waals surface area contributed by atoms with E-state index >= 15 is 0 Å². The van der Waals surface area contributed by atoms with E-state index in [1.54, 1.807) is 18.2 Å². The van der Waals surface area contributed by atoms with Crippen molar-refractivity contribution >= 4 is 29.3 Å². The number of thioether (sulfide) groups is 1. The largest absolute Gasteiger partial charge is 0.466 e. The summed E-state index contributed by atoms with van der Waals surface area (Å²) < 4.78 is 12.3. The highest BCUT2D eigenvalue weighted by Gasteiger charge is 2.43. The van der Waals surface area contributed by atoms with Gasteiger partial charge in [0.1, 0.15) is 29.4 Å². The summed E-state index contributed by atoms with van der Waals surface area (Å²) >= 11 is 1.44. The van der Waals surface area contributed by atoms with E-state index in [1.165, 1.54) is 40.3 Å². The molecule has 1 aliphatic rings. The lowest BCUT2D eigenvalue weighted by Gasteiger charge is -2.25. The monoisotopic (exact) mass is 413 g/mol. The molecule has 0 N–H and O–H groups in total. The predicted octanol–water partition coefficient (Wildman–Crippen LogP) is 2.30. The molecular weight excluding hydrogens is 394 g/mol. The second kappa shape index (κ2) is 7.75. The van der Waals surface area contributed by atoms with Crippen molar-refractivity contribution in [3.8, 4) is 0 Å². The van der Waals surface area contributed by atoms with Gasteiger partial charge < -0.3 is 14.1 Å². The normalized spacial score (nSPS) is 18.9. The van der Waals surface area contributed by atoms with E-state index in [4.69, 9.17) is 9.15 Å². The van der Waals surface area contributed by atoms with Crippen molar-refractivity contribution < 1.29 is 18.7 Å². The van der Waals surface area contributed by atoms with E-state index in [0.29, 0.717) is 22.9 Å². The standard InChI is InChI=1S/C20H19N3O5S/c1-12-5-3-7-17-21-14(9-18(25)22(12)17)10-28-20(26)15-11-29-19(23(15)13(2)24)16-6-4-8-27-16/h3-9,15,19H,10-11H2,1-2H3/t15-,19-/m0/s1. The molecule has 3 aromatic rings. The first kappa shape index (κ1) is 19.3. The molecule has 3 aromatic heterocycles. The van der Waals surface area contributed by atoms with Gasteiger partial charge in [0.25, 0.3) is 5.56 Å². The number of esters is 1. The van der Waals surface area contributed by atoms with Crippen LogP contribution in [0.4, 0.5) is 0 Å². The van der Waals surface area contributed by atoms with Crippen molar-refractivity contribution in [2.45, 2.75) is 31.9 Å². The number of carbonyl (C=O) groups excluding carboxylic acids is 2. The number of aromatic nitrogens is 2. The third-order valence-electron chi connectivity index (χ3n) is 4.72. The first-order chi connectivity index (χ1) is 14.0. The van der Waals surface area contributed by atoms with Crippen molar-refractivity contribution in [2.75, 3.05) is 5.75 Å². The number of amides is 1. The topological polar surface area (TPSA) is 94.1 Å². The lowest BCUT2D eigenvalue weighted by molar-refractivity contribution is -0.154. The van der Waals surface area contributed by atoms with Crippen molar-refractivity contribution in [3.63, 3.8) is 0 Å². The van der Waals surface area contributed by atoms with E-state index < -0.39 is 12.0 Å². The van der Waals surface area contributed by atoms with Crippen LogP contribution in [0.2, 0.25) is 0 Å². The summed E-state index contributed by atoms with van der Waals surface area (Å²) in [6.07, 6.45) is 1.53. The fraction of sp³-hybridized carbons (Fsp3) is 0.300. The van der Waals surface area contributed by atoms with Crippen LogP contribution in [-0.4, -0.2) is 38.0 Å². The lowest BCUT2D eigenvalue weighted by Crippen LogP contribution is -2.42. The third kappa shape index (κ3) is 3.65. The number of ether oxygens (including phenoxy) is 1. The van der Waals surface area contributed by atoms with Crippen LogP contribution in [0.25, 0.3) is 5.65 Å². The number of fused-ring (bicyclic) bond motifs is 1. The highest BCUT2D eigenvalue weighted by atomic mass is 32.2. The summed E-state index contributed by atoms with van der Waals surface area (Å²) in [5.74, 6) is 0.237. The Morgan fingerprint density at radius 3 is 2.86 bits per heavy atom. The molecule has 4 rings (SSSR count). The number of pyridine rings is 1. The highest BCUT2D eigenvalue weighted by Crippen LogP contribution is 2.41. The molecule has 8 nitrogen and oxygen atoms in total. The van der Waals surface area contributed by atoms with E-state index in [0.717, 1.165) is 5.69 Å². The first-order valence-electron chi connectivity index (χ1n) is 9.04. The summed E-state index contributed by atoms with van der Waals surface area (Å²) in [7, 11) is 0. The van der Waals surface area contributed by atoms with Gasteiger partial charge in [-0.2, -0.15) is 0 Å². The van der Waals surface area contributed by atoms with Gasteiger partial charge in [-0.05, 0) is 31.2 Å². The Bertz CT molecular complexity index is 1120. The van der Waals surface area contributed by atoms with Crippen LogP contribution in [0.3, 0.4) is 0 Å². The smallest absolute Gasteiger partial charge is 0.330 e. The molecule has 0 bridgehead atoms. The highest BCUT2D eigenvalue weighted by molar-refractivity contribution is 7.99. The van der Waals surface area contributed by atoms with Crippen molar-refractivity contribution in [1.29, 1.82) is 0 Å². The van der Waals surface area contributed by atoms with Gasteiger partial charge in [0.05, 0.1) is 12.0 Å². The zero-order valence-electron chi connectivity index (χ0n) is 15.9. The van der Waals surface area contributed by atoms with Crippen LogP contribution in [0, 0.1) is 6.92 Å². The molecule has 0 saturated carbocycles. The van der Waals surface area contributed by atoms with Crippen molar-refractivity contribution in [1.82, 2.24) is 14.3 Å². The number of aryl methyl sites for hydroxylation is 1. The quantitative estimate of drug-likeness (QED) is 0.606. The molecule has 9 heteroatoms. The Morgan fingerprint density at radius 1 is 1.31 bits per heavy atom. The Morgan fingerprint density at radius 2 is 2.14 bits per heavy atom. The molecule has 4 heterocycles. The average molecular weight is 413 g/mol. The number of carbonyl (C=O) groups is 2. The number of hydrogen-bond acceptors (Lipinski definition) is 7. The van der Waals surface area contributed by atoms with Gasteiger partial charge in [-0.15, -0.1) is 11.8 Å². The Hall–Kier alpha value is -3.07. The molecule has 1 aliphatic heterocycles. The molecule has 29 heavy (non-hydrogen) atoms. The van der Waals surface area contributed by atoms with Crippen LogP contribution in [0.5, 0.6) is 0 Å². The van der Waals surface area contributed by atoms with Crippen LogP contribution < -0.4 is 5.56 Å². The maximum Gasteiger partial charge on any atom is 0.330 e. The fourth-order valence-electron chi connectivity index (χ4n) is 3.40. The van der Waals surface area contributed by atoms with Gasteiger partial charge in [-0.1, -0.05) is 6.07 Å². The first-order valence-corrected chi connectivity index (χ1v) is 10.1. The van der Waals surface area contributed by atoms with Crippen molar-refractivity contribution in [3.05, 3.63) is 70.2 Å². The van der Waals surface area contributed by atoms with E-state index in [-0.39, 0.29) is 23.4 Å². The minimum absolute atomic E-state index is 0.142. The number of rotatable bonds is 4. The van der Waals surface area contributed by atoms with E-state index in [9.17, 15) is 14.4 Å². The number of hydrogen-bond donors (Lipinski definition) is 0. The molecule has 0 aromatic carbocycles. The average Bonchev–Trinajstić information content (AvgIpc) is 3.35. The van der Waals surface area contributed by atoms with Crippen LogP contribution in [0.15, 0.2) is 51.9 Å². The van der Waals surface area contributed by atoms with E-state index in [1.807, 2.05) is 19.1 Å². The Balaban J connectivity index is 1.50. The van der Waals surface area contributed by atoms with Gasteiger partial charge in [-0.25, -0.2) is 9.78 Å². The second-order valence-corrected chi connectivity index (χ2v) is 7.81. The molecule has 1 fully saturated rings. The molecule has 0 radical (unpaired) electrons.